The van der Waals surface area contributed by atoms with E-state index in [4.69, 9.17) is 33.2 Å². The van der Waals surface area contributed by atoms with Crippen molar-refractivity contribution in [1.82, 2.24) is 10.2 Å². The average molecular weight is 711 g/mol. The van der Waals surface area contributed by atoms with Crippen molar-refractivity contribution in [3.05, 3.63) is 88.7 Å². The number of ether oxygens (including phenoxy) is 7. The number of nitrogens with zero attached hydrogens (tertiary/aromatic N) is 1. The molecule has 2 atom stereocenters. The number of hydrogen-bond donors (Lipinski definition) is 1. The highest BCUT2D eigenvalue weighted by atomic mass is 19.1. The van der Waals surface area contributed by atoms with E-state index < -0.39 is 47.3 Å². The van der Waals surface area contributed by atoms with Gasteiger partial charge in [0.05, 0.1) is 18.7 Å². The molecule has 0 radical (unpaired) electrons. The van der Waals surface area contributed by atoms with E-state index in [1.807, 2.05) is 0 Å². The summed E-state index contributed by atoms with van der Waals surface area (Å²) in [5.41, 5.74) is -0.549. The molecule has 4 rings (SSSR count). The van der Waals surface area contributed by atoms with Crippen LogP contribution in [-0.4, -0.2) is 94.4 Å². The smallest absolute Gasteiger partial charge is 0.410 e. The molecule has 1 heterocycles. The van der Waals surface area contributed by atoms with Gasteiger partial charge in [-0.3, -0.25) is 9.59 Å². The van der Waals surface area contributed by atoms with E-state index in [1.165, 1.54) is 56.6 Å². The van der Waals surface area contributed by atoms with Gasteiger partial charge in [0, 0.05) is 50.6 Å². The molecule has 1 aliphatic heterocycles. The summed E-state index contributed by atoms with van der Waals surface area (Å²) in [7, 11) is 4.24. The highest BCUT2D eigenvalue weighted by molar-refractivity contribution is 6.11. The third-order valence-electron chi connectivity index (χ3n) is 7.67. The van der Waals surface area contributed by atoms with Crippen molar-refractivity contribution >= 4 is 23.8 Å². The number of carbonyl (C=O) groups excluding carboxylic acids is 4. The Hall–Kier alpha value is -5.21. The molecule has 0 saturated carbocycles. The van der Waals surface area contributed by atoms with Gasteiger partial charge in [-0.1, -0.05) is 12.1 Å². The number of likely N-dealkylation sites (tertiary alicyclic amines) is 1. The summed E-state index contributed by atoms with van der Waals surface area (Å²) in [4.78, 5) is 54.7. The Morgan fingerprint density at radius 3 is 2.10 bits per heavy atom. The number of hydrogen-bond acceptors (Lipinski definition) is 11. The van der Waals surface area contributed by atoms with E-state index in [0.717, 1.165) is 6.07 Å². The Bertz CT molecular complexity index is 1670. The van der Waals surface area contributed by atoms with Gasteiger partial charge in [-0.25, -0.2) is 14.0 Å². The third kappa shape index (κ3) is 10.6. The molecule has 14 heteroatoms. The highest BCUT2D eigenvalue weighted by Gasteiger charge is 2.35. The van der Waals surface area contributed by atoms with Crippen molar-refractivity contribution in [3.63, 3.8) is 0 Å². The minimum atomic E-state index is -0.855. The predicted molar refractivity (Wildman–Crippen MR) is 182 cm³/mol. The Morgan fingerprint density at radius 1 is 0.843 bits per heavy atom. The molecule has 13 nitrogen and oxygen atoms in total. The van der Waals surface area contributed by atoms with Crippen molar-refractivity contribution in [2.24, 2.45) is 0 Å². The van der Waals surface area contributed by atoms with Crippen molar-refractivity contribution in [2.45, 2.75) is 51.4 Å². The van der Waals surface area contributed by atoms with Crippen LogP contribution in [0.5, 0.6) is 17.2 Å². The lowest BCUT2D eigenvalue weighted by Gasteiger charge is -2.30. The fourth-order valence-electron chi connectivity index (χ4n) is 5.22. The van der Waals surface area contributed by atoms with Crippen LogP contribution in [-0.2, 0) is 18.9 Å². The summed E-state index contributed by atoms with van der Waals surface area (Å²) in [6.07, 6.45) is -0.591. The highest BCUT2D eigenvalue weighted by Crippen LogP contribution is 2.30. The zero-order valence-electron chi connectivity index (χ0n) is 29.5. The van der Waals surface area contributed by atoms with Crippen LogP contribution >= 0.6 is 0 Å². The van der Waals surface area contributed by atoms with E-state index in [9.17, 15) is 19.2 Å². The Morgan fingerprint density at radius 2 is 1.47 bits per heavy atom. The van der Waals surface area contributed by atoms with Crippen LogP contribution in [0.4, 0.5) is 9.18 Å². The van der Waals surface area contributed by atoms with Crippen molar-refractivity contribution in [3.8, 4) is 17.2 Å². The first-order chi connectivity index (χ1) is 24.3. The van der Waals surface area contributed by atoms with Gasteiger partial charge in [0.1, 0.15) is 40.3 Å². The van der Waals surface area contributed by atoms with Crippen LogP contribution in [0.15, 0.2) is 60.7 Å². The number of benzene rings is 3. The molecule has 2 amide bonds. The number of halogens is 1. The molecule has 3 aromatic carbocycles. The maximum absolute atomic E-state index is 15.1. The quantitative estimate of drug-likeness (QED) is 0.138. The van der Waals surface area contributed by atoms with Crippen molar-refractivity contribution in [2.75, 3.05) is 48.0 Å². The Kier molecular flexibility index (Phi) is 13.3. The fourth-order valence-corrected chi connectivity index (χ4v) is 5.22. The predicted octanol–water partition coefficient (Wildman–Crippen LogP) is 5.39. The molecule has 0 aromatic heterocycles. The number of rotatable bonds is 13. The summed E-state index contributed by atoms with van der Waals surface area (Å²) in [6, 6.07) is 13.6. The minimum absolute atomic E-state index is 0.0158. The lowest BCUT2D eigenvalue weighted by molar-refractivity contribution is 0.0127. The molecule has 0 aliphatic carbocycles. The zero-order chi connectivity index (χ0) is 37.1. The summed E-state index contributed by atoms with van der Waals surface area (Å²) >= 11 is 0. The second-order valence-corrected chi connectivity index (χ2v) is 12.6. The van der Waals surface area contributed by atoms with Gasteiger partial charge in [-0.2, -0.15) is 0 Å². The van der Waals surface area contributed by atoms with E-state index in [1.54, 1.807) is 45.0 Å². The van der Waals surface area contributed by atoms with Crippen LogP contribution in [0, 0.1) is 5.82 Å². The van der Waals surface area contributed by atoms with Gasteiger partial charge in [-0.15, -0.1) is 0 Å². The molecule has 3 aromatic rings. The summed E-state index contributed by atoms with van der Waals surface area (Å²) in [6.45, 7) is 5.42. The van der Waals surface area contributed by atoms with Gasteiger partial charge < -0.3 is 43.4 Å². The molecule has 274 valence electrons. The molecule has 0 spiro atoms. The third-order valence-corrected chi connectivity index (χ3v) is 7.67. The van der Waals surface area contributed by atoms with Gasteiger partial charge in [0.2, 0.25) is 0 Å². The van der Waals surface area contributed by atoms with Gasteiger partial charge in [0.25, 0.3) is 5.91 Å². The zero-order valence-corrected chi connectivity index (χ0v) is 29.5. The summed E-state index contributed by atoms with van der Waals surface area (Å²) in [5, 5.41) is 2.93. The molecule has 1 saturated heterocycles. The van der Waals surface area contributed by atoms with Crippen molar-refractivity contribution < 1.29 is 56.7 Å². The largest absolute Gasteiger partial charge is 0.497 e. The Balaban J connectivity index is 1.53. The topological polar surface area (TPSA) is 148 Å². The molecule has 51 heavy (non-hydrogen) atoms. The number of ketones is 1. The van der Waals surface area contributed by atoms with Crippen LogP contribution < -0.4 is 19.5 Å². The van der Waals surface area contributed by atoms with Gasteiger partial charge in [-0.05, 0) is 70.0 Å². The number of nitrogens with one attached hydrogen (secondary N) is 1. The fraction of sp³-hybridized carbons (Fsp3) is 0.405. The van der Waals surface area contributed by atoms with E-state index in [2.05, 4.69) is 5.32 Å². The van der Waals surface area contributed by atoms with E-state index in [-0.39, 0.29) is 48.3 Å². The van der Waals surface area contributed by atoms with E-state index >= 15 is 4.39 Å². The molecule has 1 aliphatic rings. The van der Waals surface area contributed by atoms with Gasteiger partial charge in [0.15, 0.2) is 19.4 Å². The second kappa shape index (κ2) is 17.6. The maximum atomic E-state index is 15.1. The molecule has 0 bridgehead atoms. The number of methoxy groups -OCH3 is 3. The minimum Gasteiger partial charge on any atom is -0.497 e. The number of carbonyl (C=O) groups is 4. The standard InChI is InChI=1S/C37H43FN2O11/c1-37(2,3)51-36(44)40-17-7-8-30(29(20-40)39-34(42)24-13-15-26(16-14-24)48-21-45-4)50-35(43)25-11-9-23(10-12-25)33(41)32-28(38)18-27(47-6)19-31(32)49-22-46-5/h9-16,18-19,29-30H,7-8,17,20-22H2,1-6H3,(H,39,42)/t29-,30-/m1/s1. The lowest BCUT2D eigenvalue weighted by Crippen LogP contribution is -2.51. The SMILES string of the molecule is COCOc1ccc(C(=O)N[C@@H]2CN(C(=O)OC(C)(C)C)CCC[C@H]2OC(=O)c2ccc(C(=O)c3c(F)cc(OC)cc3OCOC)cc2)cc1. The summed E-state index contributed by atoms with van der Waals surface area (Å²) in [5.74, 6) is -2.12. The number of amides is 2. The average Bonchev–Trinajstić information content (AvgIpc) is 3.30. The second-order valence-electron chi connectivity index (χ2n) is 12.6. The number of esters is 1. The normalized spacial score (nSPS) is 16.0. The van der Waals surface area contributed by atoms with Crippen LogP contribution in [0.1, 0.15) is 70.3 Å². The van der Waals surface area contributed by atoms with E-state index in [0.29, 0.717) is 30.7 Å². The summed E-state index contributed by atoms with van der Waals surface area (Å²) < 4.78 is 52.3. The first kappa shape index (κ1) is 38.6. The van der Waals surface area contributed by atoms with Gasteiger partial charge >= 0.3 is 12.1 Å². The molecule has 0 unspecified atom stereocenters. The lowest BCUT2D eigenvalue weighted by atomic mass is 10.00. The molecular weight excluding hydrogens is 667 g/mol. The van der Waals surface area contributed by atoms with Crippen molar-refractivity contribution in [1.29, 1.82) is 0 Å². The van der Waals surface area contributed by atoms with Crippen LogP contribution in [0.3, 0.4) is 0 Å². The molecule has 1 fully saturated rings. The van der Waals surface area contributed by atoms with Crippen LogP contribution in [0.25, 0.3) is 0 Å². The Labute approximate surface area is 295 Å². The first-order valence-corrected chi connectivity index (χ1v) is 16.2. The molecular formula is C37H43FN2O11. The monoisotopic (exact) mass is 710 g/mol. The van der Waals surface area contributed by atoms with Crippen LogP contribution in [0.2, 0.25) is 0 Å². The first-order valence-electron chi connectivity index (χ1n) is 16.2. The molecule has 1 N–H and O–H groups in total. The maximum Gasteiger partial charge on any atom is 0.410 e.